The number of anilines is 1. The zero-order chi connectivity index (χ0) is 13.0. The SMILES string of the molecule is CN1CCC(CCNC(=O)c2cccc(N)c2)C1. The summed E-state index contributed by atoms with van der Waals surface area (Å²) < 4.78 is 0. The van der Waals surface area contributed by atoms with E-state index in [9.17, 15) is 4.79 Å². The third-order valence-electron chi connectivity index (χ3n) is 3.48. The average Bonchev–Trinajstić information content (AvgIpc) is 2.75. The molecule has 98 valence electrons. The van der Waals surface area contributed by atoms with E-state index in [-0.39, 0.29) is 5.91 Å². The minimum Gasteiger partial charge on any atom is -0.399 e. The van der Waals surface area contributed by atoms with Crippen LogP contribution in [0.2, 0.25) is 0 Å². The molecule has 3 N–H and O–H groups in total. The Morgan fingerprint density at radius 3 is 3.06 bits per heavy atom. The van der Waals surface area contributed by atoms with E-state index < -0.39 is 0 Å². The molecule has 1 unspecified atom stereocenters. The van der Waals surface area contributed by atoms with Gasteiger partial charge >= 0.3 is 0 Å². The van der Waals surface area contributed by atoms with Gasteiger partial charge in [-0.15, -0.1) is 0 Å². The molecule has 1 aromatic rings. The Morgan fingerprint density at radius 2 is 2.39 bits per heavy atom. The molecular weight excluding hydrogens is 226 g/mol. The largest absolute Gasteiger partial charge is 0.399 e. The Hall–Kier alpha value is -1.55. The van der Waals surface area contributed by atoms with E-state index in [1.807, 2.05) is 0 Å². The van der Waals surface area contributed by atoms with Crippen molar-refractivity contribution in [1.82, 2.24) is 10.2 Å². The van der Waals surface area contributed by atoms with Gasteiger partial charge in [0.05, 0.1) is 0 Å². The summed E-state index contributed by atoms with van der Waals surface area (Å²) in [5.41, 5.74) is 6.92. The van der Waals surface area contributed by atoms with E-state index in [4.69, 9.17) is 5.73 Å². The van der Waals surface area contributed by atoms with Crippen LogP contribution in [-0.4, -0.2) is 37.5 Å². The highest BCUT2D eigenvalue weighted by Gasteiger charge is 2.19. The zero-order valence-corrected chi connectivity index (χ0v) is 10.9. The molecule has 0 spiro atoms. The van der Waals surface area contributed by atoms with E-state index in [0.29, 0.717) is 11.3 Å². The molecule has 4 heteroatoms. The second-order valence-electron chi connectivity index (χ2n) is 5.09. The number of carbonyl (C=O) groups is 1. The smallest absolute Gasteiger partial charge is 0.251 e. The molecule has 0 bridgehead atoms. The van der Waals surface area contributed by atoms with Gasteiger partial charge in [-0.1, -0.05) is 6.07 Å². The van der Waals surface area contributed by atoms with Crippen LogP contribution in [0, 0.1) is 5.92 Å². The Balaban J connectivity index is 1.75. The van der Waals surface area contributed by atoms with Crippen LogP contribution in [0.5, 0.6) is 0 Å². The van der Waals surface area contributed by atoms with Crippen LogP contribution >= 0.6 is 0 Å². The van der Waals surface area contributed by atoms with Crippen molar-refractivity contribution >= 4 is 11.6 Å². The highest BCUT2D eigenvalue weighted by Crippen LogP contribution is 2.17. The molecule has 1 atom stereocenters. The van der Waals surface area contributed by atoms with Crippen LogP contribution in [0.25, 0.3) is 0 Å². The van der Waals surface area contributed by atoms with Gasteiger partial charge in [-0.05, 0) is 50.6 Å². The van der Waals surface area contributed by atoms with Gasteiger partial charge in [-0.2, -0.15) is 0 Å². The molecule has 1 heterocycles. The summed E-state index contributed by atoms with van der Waals surface area (Å²) in [5, 5.41) is 2.95. The monoisotopic (exact) mass is 247 g/mol. The summed E-state index contributed by atoms with van der Waals surface area (Å²) in [6.07, 6.45) is 2.29. The summed E-state index contributed by atoms with van der Waals surface area (Å²) in [6, 6.07) is 7.08. The number of rotatable bonds is 4. The fraction of sp³-hybridized carbons (Fsp3) is 0.500. The fourth-order valence-electron chi connectivity index (χ4n) is 2.43. The van der Waals surface area contributed by atoms with Crippen LogP contribution in [0.3, 0.4) is 0 Å². The lowest BCUT2D eigenvalue weighted by molar-refractivity contribution is 0.0951. The number of nitrogen functional groups attached to an aromatic ring is 1. The number of likely N-dealkylation sites (tertiary alicyclic amines) is 1. The Bertz CT molecular complexity index is 419. The summed E-state index contributed by atoms with van der Waals surface area (Å²) in [4.78, 5) is 14.2. The van der Waals surface area contributed by atoms with Crippen LogP contribution in [0.4, 0.5) is 5.69 Å². The Morgan fingerprint density at radius 1 is 1.56 bits per heavy atom. The fourth-order valence-corrected chi connectivity index (χ4v) is 2.43. The van der Waals surface area contributed by atoms with Gasteiger partial charge in [0.1, 0.15) is 0 Å². The Kier molecular flexibility index (Phi) is 4.20. The van der Waals surface area contributed by atoms with Gasteiger partial charge in [0.25, 0.3) is 5.91 Å². The first kappa shape index (κ1) is 12.9. The zero-order valence-electron chi connectivity index (χ0n) is 10.9. The summed E-state index contributed by atoms with van der Waals surface area (Å²) in [6.45, 7) is 3.06. The van der Waals surface area contributed by atoms with Crippen molar-refractivity contribution in [3.63, 3.8) is 0 Å². The van der Waals surface area contributed by atoms with Crippen LogP contribution < -0.4 is 11.1 Å². The second kappa shape index (κ2) is 5.87. The molecule has 0 aliphatic carbocycles. The number of carbonyl (C=O) groups excluding carboxylic acids is 1. The number of hydrogen-bond donors (Lipinski definition) is 2. The third kappa shape index (κ3) is 3.47. The molecule has 1 saturated heterocycles. The molecule has 2 rings (SSSR count). The maximum atomic E-state index is 11.9. The number of nitrogens with one attached hydrogen (secondary N) is 1. The molecule has 18 heavy (non-hydrogen) atoms. The van der Waals surface area contributed by atoms with Crippen molar-refractivity contribution in [2.75, 3.05) is 32.4 Å². The van der Waals surface area contributed by atoms with Gasteiger partial charge in [-0.3, -0.25) is 4.79 Å². The minimum absolute atomic E-state index is 0.0337. The first-order chi connectivity index (χ1) is 8.65. The van der Waals surface area contributed by atoms with Gasteiger partial charge in [0.2, 0.25) is 0 Å². The number of amides is 1. The van der Waals surface area contributed by atoms with Crippen LogP contribution in [0.1, 0.15) is 23.2 Å². The minimum atomic E-state index is -0.0337. The molecule has 0 radical (unpaired) electrons. The first-order valence-corrected chi connectivity index (χ1v) is 6.47. The highest BCUT2D eigenvalue weighted by atomic mass is 16.1. The normalized spacial score (nSPS) is 19.9. The van der Waals surface area contributed by atoms with Crippen LogP contribution in [-0.2, 0) is 0 Å². The molecule has 1 aliphatic rings. The number of benzene rings is 1. The molecule has 1 fully saturated rings. The highest BCUT2D eigenvalue weighted by molar-refractivity contribution is 5.94. The van der Waals surface area contributed by atoms with Gasteiger partial charge < -0.3 is 16.0 Å². The predicted octanol–water partition coefficient (Wildman–Crippen LogP) is 1.34. The first-order valence-electron chi connectivity index (χ1n) is 6.47. The van der Waals surface area contributed by atoms with E-state index in [0.717, 1.165) is 25.4 Å². The van der Waals surface area contributed by atoms with Crippen molar-refractivity contribution in [3.8, 4) is 0 Å². The lowest BCUT2D eigenvalue weighted by Crippen LogP contribution is -2.26. The van der Waals surface area contributed by atoms with Crippen molar-refractivity contribution in [3.05, 3.63) is 29.8 Å². The van der Waals surface area contributed by atoms with E-state index in [2.05, 4.69) is 17.3 Å². The van der Waals surface area contributed by atoms with Gasteiger partial charge in [0, 0.05) is 24.3 Å². The van der Waals surface area contributed by atoms with Gasteiger partial charge in [0.15, 0.2) is 0 Å². The molecular formula is C14H21N3O. The van der Waals surface area contributed by atoms with Crippen molar-refractivity contribution in [2.24, 2.45) is 5.92 Å². The summed E-state index contributed by atoms with van der Waals surface area (Å²) in [7, 11) is 2.14. The van der Waals surface area contributed by atoms with E-state index >= 15 is 0 Å². The standard InChI is InChI=1S/C14H21N3O/c1-17-8-6-11(10-17)5-7-16-14(18)12-3-2-4-13(15)9-12/h2-4,9,11H,5-8,10,15H2,1H3,(H,16,18). The van der Waals surface area contributed by atoms with E-state index in [1.165, 1.54) is 13.0 Å². The number of nitrogens with two attached hydrogens (primary N) is 1. The number of hydrogen-bond acceptors (Lipinski definition) is 3. The summed E-state index contributed by atoms with van der Waals surface area (Å²) in [5.74, 6) is 0.685. The predicted molar refractivity (Wildman–Crippen MR) is 73.4 cm³/mol. The molecule has 1 amide bonds. The molecule has 0 aromatic heterocycles. The van der Waals surface area contributed by atoms with Crippen LogP contribution in [0.15, 0.2) is 24.3 Å². The maximum absolute atomic E-state index is 11.9. The summed E-state index contributed by atoms with van der Waals surface area (Å²) >= 11 is 0. The van der Waals surface area contributed by atoms with E-state index in [1.54, 1.807) is 24.3 Å². The average molecular weight is 247 g/mol. The van der Waals surface area contributed by atoms with Crippen molar-refractivity contribution < 1.29 is 4.79 Å². The second-order valence-corrected chi connectivity index (χ2v) is 5.09. The lowest BCUT2D eigenvalue weighted by Gasteiger charge is -2.11. The van der Waals surface area contributed by atoms with Crippen molar-refractivity contribution in [1.29, 1.82) is 0 Å². The molecule has 4 nitrogen and oxygen atoms in total. The maximum Gasteiger partial charge on any atom is 0.251 e. The topological polar surface area (TPSA) is 58.4 Å². The Labute approximate surface area is 108 Å². The van der Waals surface area contributed by atoms with Crippen molar-refractivity contribution in [2.45, 2.75) is 12.8 Å². The quantitative estimate of drug-likeness (QED) is 0.789. The lowest BCUT2D eigenvalue weighted by atomic mass is 10.1. The molecule has 1 aliphatic heterocycles. The number of nitrogens with zero attached hydrogens (tertiary/aromatic N) is 1. The molecule has 1 aromatic carbocycles. The van der Waals surface area contributed by atoms with Gasteiger partial charge in [-0.25, -0.2) is 0 Å². The molecule has 0 saturated carbocycles. The third-order valence-corrected chi connectivity index (χ3v) is 3.48.